The number of nitrogens with zero attached hydrogens (tertiary/aromatic N) is 1. The molecule has 0 aliphatic rings. The lowest BCUT2D eigenvalue weighted by Crippen LogP contribution is -2.16. The van der Waals surface area contributed by atoms with E-state index in [1.807, 2.05) is 0 Å². The van der Waals surface area contributed by atoms with Crippen LogP contribution in [0.1, 0.15) is 12.0 Å². The van der Waals surface area contributed by atoms with Crippen LogP contribution in [0.15, 0.2) is 15.6 Å². The minimum atomic E-state index is -4.32. The zero-order valence-electron chi connectivity index (χ0n) is 6.92. The average molecular weight is 322 g/mol. The van der Waals surface area contributed by atoms with Gasteiger partial charge in [0.15, 0.2) is 5.15 Å². The Morgan fingerprint density at radius 1 is 1.53 bits per heavy atom. The molecule has 15 heavy (non-hydrogen) atoms. The average Bonchev–Trinajstić information content (AvgIpc) is 1.99. The summed E-state index contributed by atoms with van der Waals surface area (Å²) in [5.74, 6) is 0. The summed E-state index contributed by atoms with van der Waals surface area (Å²) in [4.78, 5) is 2.63. The molecule has 84 valence electrons. The van der Waals surface area contributed by atoms with Crippen molar-refractivity contribution in [3.8, 4) is 0 Å². The van der Waals surface area contributed by atoms with E-state index in [4.69, 9.17) is 16.7 Å². The highest BCUT2D eigenvalue weighted by atomic mass is 79.9. The van der Waals surface area contributed by atoms with Crippen LogP contribution in [0.3, 0.4) is 0 Å². The topological polar surface area (TPSA) is 73.1 Å². The summed E-state index contributed by atoms with van der Waals surface area (Å²) < 4.78 is 47.0. The van der Waals surface area contributed by atoms with Crippen LogP contribution in [0.4, 0.5) is 8.78 Å². The third-order valence-electron chi connectivity index (χ3n) is 1.45. The lowest BCUT2D eigenvalue weighted by molar-refractivity contribution is 0.147. The number of aromatic nitrogens is 1. The van der Waals surface area contributed by atoms with E-state index in [0.29, 0.717) is 0 Å². The first kappa shape index (κ1) is 12.8. The number of nitrogens with two attached hydrogens (primary N) is 1. The van der Waals surface area contributed by atoms with Gasteiger partial charge in [0.05, 0.1) is 0 Å². The normalized spacial score (nSPS) is 12.1. The summed E-state index contributed by atoms with van der Waals surface area (Å²) in [5.41, 5.74) is -0.774. The van der Waals surface area contributed by atoms with E-state index < -0.39 is 32.1 Å². The molecule has 0 unspecified atom stereocenters. The fourth-order valence-electron chi connectivity index (χ4n) is 0.934. The maximum atomic E-state index is 12.5. The second-order valence-electron chi connectivity index (χ2n) is 2.50. The Kier molecular flexibility index (Phi) is 3.64. The molecule has 0 amide bonds. The van der Waals surface area contributed by atoms with Gasteiger partial charge >= 0.3 is 0 Å². The largest absolute Gasteiger partial charge is 0.265 e. The number of alkyl halides is 2. The van der Waals surface area contributed by atoms with Gasteiger partial charge in [0.2, 0.25) is 10.0 Å². The summed E-state index contributed by atoms with van der Waals surface area (Å²) in [6.07, 6.45) is -3.00. The van der Waals surface area contributed by atoms with Gasteiger partial charge in [0.25, 0.3) is 6.43 Å². The van der Waals surface area contributed by atoms with E-state index in [1.165, 1.54) is 0 Å². The van der Waals surface area contributed by atoms with Gasteiger partial charge in [-0.25, -0.2) is 27.3 Å². The molecule has 9 heteroatoms. The van der Waals surface area contributed by atoms with Crippen molar-refractivity contribution in [2.75, 3.05) is 0 Å². The molecule has 0 atom stereocenters. The summed E-state index contributed by atoms with van der Waals surface area (Å²) in [7, 11) is -4.32. The monoisotopic (exact) mass is 320 g/mol. The molecule has 0 spiro atoms. The van der Waals surface area contributed by atoms with Gasteiger partial charge in [-0.2, -0.15) is 0 Å². The van der Waals surface area contributed by atoms with Gasteiger partial charge in [-0.1, -0.05) is 11.6 Å². The number of hydrogen-bond acceptors (Lipinski definition) is 3. The van der Waals surface area contributed by atoms with Crippen LogP contribution in [-0.4, -0.2) is 13.4 Å². The highest BCUT2D eigenvalue weighted by Crippen LogP contribution is 2.32. The van der Waals surface area contributed by atoms with E-state index in [1.54, 1.807) is 0 Å². The predicted octanol–water partition coefficient (Wildman–Crippen LogP) is 2.08. The molecular formula is C6H4BrClF2N2O2S. The molecule has 0 saturated carbocycles. The lowest BCUT2D eigenvalue weighted by atomic mass is 10.3. The van der Waals surface area contributed by atoms with Gasteiger partial charge in [0.1, 0.15) is 9.50 Å². The number of primary sulfonamides is 1. The minimum Gasteiger partial charge on any atom is -0.228 e. The second kappa shape index (κ2) is 4.28. The molecule has 1 aromatic heterocycles. The molecule has 2 N–H and O–H groups in total. The molecule has 1 aromatic rings. The summed E-state index contributed by atoms with van der Waals surface area (Å²) >= 11 is 8.25. The molecule has 0 aliphatic heterocycles. The standard InChI is InChI=1S/C6H4BrClF2N2O2S/c7-3-1-2(6(9)10)4(5(8)12-3)15(11,13)14/h1,6H,(H2,11,13,14). The number of sulfonamides is 1. The quantitative estimate of drug-likeness (QED) is 0.848. The predicted molar refractivity (Wildman–Crippen MR) is 53.3 cm³/mol. The maximum absolute atomic E-state index is 12.5. The summed E-state index contributed by atoms with van der Waals surface area (Å²) in [5, 5.41) is 4.16. The minimum absolute atomic E-state index is 0.00944. The zero-order chi connectivity index (χ0) is 11.8. The molecule has 4 nitrogen and oxygen atoms in total. The van der Waals surface area contributed by atoms with E-state index in [0.717, 1.165) is 6.07 Å². The maximum Gasteiger partial charge on any atom is 0.265 e. The van der Waals surface area contributed by atoms with E-state index in [-0.39, 0.29) is 4.60 Å². The van der Waals surface area contributed by atoms with Crippen LogP contribution in [0, 0.1) is 0 Å². The number of rotatable bonds is 2. The number of pyridine rings is 1. The molecule has 1 heterocycles. The lowest BCUT2D eigenvalue weighted by Gasteiger charge is -2.08. The molecule has 0 saturated heterocycles. The van der Waals surface area contributed by atoms with Gasteiger partial charge in [-0.05, 0) is 22.0 Å². The molecule has 0 bridgehead atoms. The van der Waals surface area contributed by atoms with Gasteiger partial charge in [-0.3, -0.25) is 0 Å². The summed E-state index contributed by atoms with van der Waals surface area (Å²) in [6, 6.07) is 0.857. The number of hydrogen-bond donors (Lipinski definition) is 1. The van der Waals surface area contributed by atoms with Gasteiger partial charge in [-0.15, -0.1) is 0 Å². The van der Waals surface area contributed by atoms with Gasteiger partial charge in [0, 0.05) is 5.56 Å². The van der Waals surface area contributed by atoms with Crippen molar-refractivity contribution in [1.29, 1.82) is 0 Å². The van der Waals surface area contributed by atoms with Crippen LogP contribution in [0.25, 0.3) is 0 Å². The van der Waals surface area contributed by atoms with Crippen molar-refractivity contribution < 1.29 is 17.2 Å². The first-order chi connectivity index (χ1) is 6.73. The van der Waals surface area contributed by atoms with Gasteiger partial charge < -0.3 is 0 Å². The third kappa shape index (κ3) is 2.83. The first-order valence-electron chi connectivity index (χ1n) is 3.40. The van der Waals surface area contributed by atoms with E-state index in [2.05, 4.69) is 20.9 Å². The Bertz CT molecular complexity index is 494. The van der Waals surface area contributed by atoms with E-state index >= 15 is 0 Å². The van der Waals surface area contributed by atoms with Crippen LogP contribution >= 0.6 is 27.5 Å². The molecule has 0 aromatic carbocycles. The fraction of sp³-hybridized carbons (Fsp3) is 0.167. The van der Waals surface area contributed by atoms with Crippen molar-refractivity contribution in [2.45, 2.75) is 11.3 Å². The highest BCUT2D eigenvalue weighted by molar-refractivity contribution is 9.10. The van der Waals surface area contributed by atoms with Crippen LogP contribution in [0.2, 0.25) is 5.15 Å². The second-order valence-corrected chi connectivity index (χ2v) is 5.17. The zero-order valence-corrected chi connectivity index (χ0v) is 10.1. The fourth-order valence-corrected chi connectivity index (χ4v) is 2.74. The van der Waals surface area contributed by atoms with Crippen molar-refractivity contribution >= 4 is 37.6 Å². The summed E-state index contributed by atoms with van der Waals surface area (Å²) in [6.45, 7) is 0. The van der Waals surface area contributed by atoms with Crippen molar-refractivity contribution in [3.05, 3.63) is 21.4 Å². The Morgan fingerprint density at radius 3 is 2.47 bits per heavy atom. The molecule has 0 aliphatic carbocycles. The Balaban J connectivity index is 3.62. The van der Waals surface area contributed by atoms with Crippen molar-refractivity contribution in [3.63, 3.8) is 0 Å². The highest BCUT2D eigenvalue weighted by Gasteiger charge is 2.25. The SMILES string of the molecule is NS(=O)(=O)c1c(C(F)F)cc(Br)nc1Cl. The van der Waals surface area contributed by atoms with Crippen molar-refractivity contribution in [1.82, 2.24) is 4.98 Å². The first-order valence-corrected chi connectivity index (χ1v) is 6.12. The van der Waals surface area contributed by atoms with Crippen LogP contribution < -0.4 is 5.14 Å². The Morgan fingerprint density at radius 2 is 2.07 bits per heavy atom. The molecular weight excluding hydrogens is 317 g/mol. The van der Waals surface area contributed by atoms with E-state index in [9.17, 15) is 17.2 Å². The Hall–Kier alpha value is -0.310. The van der Waals surface area contributed by atoms with Crippen LogP contribution in [-0.2, 0) is 10.0 Å². The Labute approximate surface area is 97.6 Å². The third-order valence-corrected chi connectivity index (χ3v) is 3.24. The smallest absolute Gasteiger partial charge is 0.228 e. The van der Waals surface area contributed by atoms with Crippen molar-refractivity contribution in [2.24, 2.45) is 5.14 Å². The van der Waals surface area contributed by atoms with Crippen LogP contribution in [0.5, 0.6) is 0 Å². The molecule has 0 fully saturated rings. The number of halogens is 4. The molecule has 1 rings (SSSR count). The molecule has 0 radical (unpaired) electrons.